The van der Waals surface area contributed by atoms with Gasteiger partial charge in [0.25, 0.3) is 0 Å². The van der Waals surface area contributed by atoms with Crippen LogP contribution in [-0.2, 0) is 6.42 Å². The average Bonchev–Trinajstić information content (AvgIpc) is 2.38. The summed E-state index contributed by atoms with van der Waals surface area (Å²) >= 11 is 0. The molecule has 0 aliphatic heterocycles. The molecule has 0 aliphatic carbocycles. The van der Waals surface area contributed by atoms with Gasteiger partial charge in [0.2, 0.25) is 0 Å². The van der Waals surface area contributed by atoms with Crippen LogP contribution in [0.2, 0.25) is 0 Å². The van der Waals surface area contributed by atoms with Crippen LogP contribution in [0.3, 0.4) is 0 Å². The average molecular weight is 304 g/mol. The Morgan fingerprint density at radius 1 is 0.850 bits per heavy atom. The Hall–Kier alpha value is -0.269. The van der Waals surface area contributed by atoms with Crippen LogP contribution in [0, 0.1) is 0 Å². The Balaban J connectivity index is 0.00000200. The van der Waals surface area contributed by atoms with Gasteiger partial charge < -0.3 is 17.7 Å². The number of para-hydroxylation sites is 1. The molecule has 0 heterocycles. The maximum atomic E-state index is 12.2. The van der Waals surface area contributed by atoms with E-state index in [2.05, 4.69) is 0 Å². The predicted molar refractivity (Wildman–Crippen MR) is 70.3 cm³/mol. The summed E-state index contributed by atoms with van der Waals surface area (Å²) in [6.45, 7) is -6.13. The number of hydrogen-bond donors (Lipinski definition) is 0. The van der Waals surface area contributed by atoms with Gasteiger partial charge in [0.05, 0.1) is 6.51 Å². The maximum absolute atomic E-state index is 12.2. The van der Waals surface area contributed by atoms with Crippen molar-refractivity contribution in [3.8, 4) is 5.75 Å². The third-order valence-electron chi connectivity index (χ3n) is 2.64. The molecule has 2 aromatic carbocycles. The first-order chi connectivity index (χ1) is 9.04. The van der Waals surface area contributed by atoms with E-state index in [0.717, 1.165) is 11.1 Å². The monoisotopic (exact) mass is 304 g/mol. The van der Waals surface area contributed by atoms with E-state index in [4.69, 9.17) is 4.74 Å². The van der Waals surface area contributed by atoms with Crippen molar-refractivity contribution in [3.05, 3.63) is 65.7 Å². The van der Waals surface area contributed by atoms with Crippen LogP contribution in [0.5, 0.6) is 5.75 Å². The van der Waals surface area contributed by atoms with E-state index in [0.29, 0.717) is 12.2 Å². The molecule has 2 aromatic rings. The molecule has 0 radical (unpaired) electrons. The van der Waals surface area contributed by atoms with E-state index in [1.165, 1.54) is 0 Å². The van der Waals surface area contributed by atoms with Gasteiger partial charge in [0.1, 0.15) is 5.75 Å². The van der Waals surface area contributed by atoms with E-state index in [-0.39, 0.29) is 51.4 Å². The minimum atomic E-state index is -4.93. The second-order valence-corrected chi connectivity index (χ2v) is 4.29. The van der Waals surface area contributed by atoms with Crippen LogP contribution >= 0.6 is 0 Å². The molecule has 0 aliphatic rings. The molecule has 20 heavy (non-hydrogen) atoms. The molecule has 0 saturated carbocycles. The van der Waals surface area contributed by atoms with Crippen molar-refractivity contribution in [2.24, 2.45) is 0 Å². The smallest absolute Gasteiger partial charge is 0.521 e. The Morgan fingerprint density at radius 2 is 1.45 bits per heavy atom. The molecular weight excluding hydrogens is 291 g/mol. The second kappa shape index (κ2) is 8.24. The summed E-state index contributed by atoms with van der Waals surface area (Å²) in [4.78, 5) is 0. The zero-order valence-electron chi connectivity index (χ0n) is 11.2. The quantitative estimate of drug-likeness (QED) is 0.750. The number of halogens is 3. The standard InChI is InChI=1S/C14H13BF3O.K/c16-15(17,18)11-19-14-9-5-4-8-13(14)10-12-6-2-1-3-7-12;/h1-9H,10-11H2;/q-1;+1. The van der Waals surface area contributed by atoms with Crippen LogP contribution in [0.4, 0.5) is 12.9 Å². The van der Waals surface area contributed by atoms with Crippen molar-refractivity contribution >= 4 is 6.98 Å². The minimum absolute atomic E-state index is 0. The van der Waals surface area contributed by atoms with Gasteiger partial charge in [-0.05, 0) is 17.2 Å². The fraction of sp³-hybridized carbons (Fsp3) is 0.143. The zero-order chi connectivity index (χ0) is 13.7. The third kappa shape index (κ3) is 6.01. The van der Waals surface area contributed by atoms with Gasteiger partial charge in [-0.15, -0.1) is 0 Å². The van der Waals surface area contributed by atoms with E-state index in [9.17, 15) is 12.9 Å². The largest absolute Gasteiger partial charge is 1.00 e. The number of ether oxygens (including phenoxy) is 1. The molecule has 0 spiro atoms. The summed E-state index contributed by atoms with van der Waals surface area (Å²) in [5.41, 5.74) is 1.80. The van der Waals surface area contributed by atoms with Crippen molar-refractivity contribution in [3.63, 3.8) is 0 Å². The fourth-order valence-electron chi connectivity index (χ4n) is 1.79. The van der Waals surface area contributed by atoms with E-state index in [1.807, 2.05) is 30.3 Å². The summed E-state index contributed by atoms with van der Waals surface area (Å²) in [6, 6.07) is 16.4. The van der Waals surface area contributed by atoms with Gasteiger partial charge in [-0.1, -0.05) is 48.5 Å². The van der Waals surface area contributed by atoms with Gasteiger partial charge in [0, 0.05) is 6.42 Å². The Labute approximate surface area is 159 Å². The first-order valence-electron chi connectivity index (χ1n) is 6.00. The fourth-order valence-corrected chi connectivity index (χ4v) is 1.79. The van der Waals surface area contributed by atoms with Crippen molar-refractivity contribution < 1.29 is 69.1 Å². The Bertz CT molecular complexity index is 531. The van der Waals surface area contributed by atoms with Crippen molar-refractivity contribution in [2.45, 2.75) is 6.42 Å². The summed E-state index contributed by atoms with van der Waals surface area (Å²) < 4.78 is 41.6. The first kappa shape index (κ1) is 17.8. The molecule has 0 aromatic heterocycles. The van der Waals surface area contributed by atoms with E-state index in [1.54, 1.807) is 24.3 Å². The number of hydrogen-bond acceptors (Lipinski definition) is 1. The molecule has 0 unspecified atom stereocenters. The zero-order valence-corrected chi connectivity index (χ0v) is 14.4. The minimum Gasteiger partial charge on any atom is -0.521 e. The normalized spacial score (nSPS) is 10.8. The Morgan fingerprint density at radius 3 is 2.10 bits per heavy atom. The topological polar surface area (TPSA) is 9.23 Å². The molecule has 100 valence electrons. The van der Waals surface area contributed by atoms with Crippen molar-refractivity contribution in [2.75, 3.05) is 6.51 Å². The number of rotatable bonds is 5. The Kier molecular flexibility index (Phi) is 7.33. The van der Waals surface area contributed by atoms with E-state index < -0.39 is 13.5 Å². The summed E-state index contributed by atoms with van der Waals surface area (Å²) in [7, 11) is 0. The van der Waals surface area contributed by atoms with Gasteiger partial charge in [-0.25, -0.2) is 0 Å². The van der Waals surface area contributed by atoms with Crippen LogP contribution in [0.15, 0.2) is 54.6 Å². The molecule has 0 fully saturated rings. The summed E-state index contributed by atoms with van der Waals surface area (Å²) in [5.74, 6) is 0.297. The van der Waals surface area contributed by atoms with Crippen LogP contribution < -0.4 is 56.1 Å². The molecule has 0 atom stereocenters. The van der Waals surface area contributed by atoms with Crippen molar-refractivity contribution in [1.82, 2.24) is 0 Å². The third-order valence-corrected chi connectivity index (χ3v) is 2.64. The van der Waals surface area contributed by atoms with Crippen LogP contribution in [-0.4, -0.2) is 13.5 Å². The van der Waals surface area contributed by atoms with Crippen molar-refractivity contribution in [1.29, 1.82) is 0 Å². The first-order valence-corrected chi connectivity index (χ1v) is 6.00. The van der Waals surface area contributed by atoms with Gasteiger partial charge in [-0.3, -0.25) is 0 Å². The van der Waals surface area contributed by atoms with Gasteiger partial charge in [0.15, 0.2) is 0 Å². The predicted octanol–water partition coefficient (Wildman–Crippen LogP) is 1.05. The SMILES string of the molecule is F[B-](F)(F)COc1ccccc1Cc1ccccc1.[K+]. The molecular formula is C14H13BF3KO. The molecule has 0 bridgehead atoms. The molecule has 6 heteroatoms. The summed E-state index contributed by atoms with van der Waals surface area (Å²) in [5, 5.41) is 0. The summed E-state index contributed by atoms with van der Waals surface area (Å²) in [6.07, 6.45) is 0.557. The molecule has 0 N–H and O–H groups in total. The molecule has 0 amide bonds. The van der Waals surface area contributed by atoms with Gasteiger partial charge in [-0.2, -0.15) is 0 Å². The number of benzene rings is 2. The maximum Gasteiger partial charge on any atom is 1.00 e. The second-order valence-electron chi connectivity index (χ2n) is 4.29. The molecule has 0 saturated heterocycles. The molecule has 1 nitrogen and oxygen atoms in total. The molecule has 2 rings (SSSR count). The van der Waals surface area contributed by atoms with Crippen LogP contribution in [0.1, 0.15) is 11.1 Å². The van der Waals surface area contributed by atoms with Gasteiger partial charge >= 0.3 is 58.4 Å². The van der Waals surface area contributed by atoms with E-state index >= 15 is 0 Å². The van der Waals surface area contributed by atoms with Crippen LogP contribution in [0.25, 0.3) is 0 Å².